The monoisotopic (exact) mass is 363 g/mol. The van der Waals surface area contributed by atoms with Gasteiger partial charge in [0.2, 0.25) is 0 Å². The van der Waals surface area contributed by atoms with E-state index in [0.29, 0.717) is 0 Å². The van der Waals surface area contributed by atoms with Crippen molar-refractivity contribution in [1.29, 1.82) is 0 Å². The number of benzene rings is 4. The van der Waals surface area contributed by atoms with E-state index < -0.39 is 8.07 Å². The third-order valence-corrected chi connectivity index (χ3v) is 10.0. The number of rotatable bonds is 4. The SMILES string of the molecule is [Si]c1cccc([Si](c2ccccc2)(c2ccccc2)c2ccccc2)c1. The van der Waals surface area contributed by atoms with Crippen LogP contribution >= 0.6 is 0 Å². The van der Waals surface area contributed by atoms with Gasteiger partial charge in [-0.3, -0.25) is 0 Å². The fourth-order valence-electron chi connectivity index (χ4n) is 3.82. The molecule has 0 spiro atoms. The lowest BCUT2D eigenvalue weighted by molar-refractivity contribution is 1.67. The van der Waals surface area contributed by atoms with Crippen LogP contribution in [0.15, 0.2) is 115 Å². The summed E-state index contributed by atoms with van der Waals surface area (Å²) in [4.78, 5) is 0. The van der Waals surface area contributed by atoms with E-state index in [4.69, 9.17) is 0 Å². The first-order valence-corrected chi connectivity index (χ1v) is 11.3. The van der Waals surface area contributed by atoms with Crippen LogP contribution in [-0.2, 0) is 0 Å². The summed E-state index contributed by atoms with van der Waals surface area (Å²) in [6, 6.07) is 41.7. The first kappa shape index (κ1) is 16.8. The van der Waals surface area contributed by atoms with Gasteiger partial charge in [-0.25, -0.2) is 0 Å². The normalized spacial score (nSPS) is 11.3. The molecular weight excluding hydrogens is 344 g/mol. The van der Waals surface area contributed by atoms with Gasteiger partial charge in [-0.2, -0.15) is 0 Å². The Balaban J connectivity index is 2.14. The van der Waals surface area contributed by atoms with E-state index in [2.05, 4.69) is 126 Å². The largest absolute Gasteiger partial charge is 0.179 e. The van der Waals surface area contributed by atoms with Crippen LogP contribution in [0.2, 0.25) is 0 Å². The molecule has 0 unspecified atom stereocenters. The molecule has 0 fully saturated rings. The number of hydrogen-bond donors (Lipinski definition) is 0. The average Bonchev–Trinajstić information content (AvgIpc) is 2.71. The standard InChI is InChI=1S/C24H19Si2/c25-20-11-10-18-24(19-20)26(21-12-4-1-5-13-21,22-14-6-2-7-15-22)23-16-8-3-9-17-23/h1-19H. The molecule has 3 radical (unpaired) electrons. The maximum absolute atomic E-state index is 3.75. The maximum Gasteiger partial charge on any atom is 0.179 e. The molecule has 0 aromatic heterocycles. The lowest BCUT2D eigenvalue weighted by Crippen LogP contribution is -2.75. The van der Waals surface area contributed by atoms with Gasteiger partial charge in [0.05, 0.1) is 10.2 Å². The molecule has 4 aromatic carbocycles. The Morgan fingerprint density at radius 3 is 1.19 bits per heavy atom. The van der Waals surface area contributed by atoms with Gasteiger partial charge in [0, 0.05) is 0 Å². The third kappa shape index (κ3) is 2.87. The van der Waals surface area contributed by atoms with Gasteiger partial charge in [0.25, 0.3) is 0 Å². The van der Waals surface area contributed by atoms with Crippen LogP contribution in [0.1, 0.15) is 0 Å². The highest BCUT2D eigenvalue weighted by Crippen LogP contribution is 2.08. The van der Waals surface area contributed by atoms with Crippen LogP contribution in [0.5, 0.6) is 0 Å². The summed E-state index contributed by atoms with van der Waals surface area (Å²) in [6.45, 7) is 0. The molecule has 0 aliphatic rings. The zero-order valence-electron chi connectivity index (χ0n) is 14.5. The average molecular weight is 364 g/mol. The van der Waals surface area contributed by atoms with Crippen molar-refractivity contribution in [3.8, 4) is 0 Å². The van der Waals surface area contributed by atoms with Gasteiger partial charge in [0.1, 0.15) is 0 Å². The van der Waals surface area contributed by atoms with Crippen molar-refractivity contribution in [3.05, 3.63) is 115 Å². The van der Waals surface area contributed by atoms with E-state index in [1.165, 1.54) is 20.7 Å². The molecule has 4 rings (SSSR count). The zero-order valence-corrected chi connectivity index (χ0v) is 16.5. The fraction of sp³-hybridized carbons (Fsp3) is 0. The molecule has 0 aliphatic heterocycles. The van der Waals surface area contributed by atoms with Gasteiger partial charge < -0.3 is 0 Å². The van der Waals surface area contributed by atoms with E-state index in [1.54, 1.807) is 0 Å². The van der Waals surface area contributed by atoms with E-state index in [-0.39, 0.29) is 0 Å². The lowest BCUT2D eigenvalue weighted by atomic mass is 10.3. The van der Waals surface area contributed by atoms with Gasteiger partial charge in [-0.15, -0.1) is 0 Å². The van der Waals surface area contributed by atoms with Crippen molar-refractivity contribution in [2.45, 2.75) is 0 Å². The van der Waals surface area contributed by atoms with Gasteiger partial charge >= 0.3 is 0 Å². The summed E-state index contributed by atoms with van der Waals surface area (Å²) in [5.74, 6) is 0. The Morgan fingerprint density at radius 1 is 0.423 bits per heavy atom. The Morgan fingerprint density at radius 2 is 0.808 bits per heavy atom. The molecule has 0 bridgehead atoms. The van der Waals surface area contributed by atoms with Crippen LogP contribution in [0.4, 0.5) is 0 Å². The summed E-state index contributed by atoms with van der Waals surface area (Å²) in [7, 11) is 1.39. The highest BCUT2D eigenvalue weighted by atomic mass is 28.3. The second-order valence-corrected chi connectivity index (χ2v) is 10.8. The molecule has 0 N–H and O–H groups in total. The predicted molar refractivity (Wildman–Crippen MR) is 115 cm³/mol. The Labute approximate surface area is 159 Å². The van der Waals surface area contributed by atoms with Gasteiger partial charge in [-0.1, -0.05) is 120 Å². The minimum Gasteiger partial charge on any atom is -0.0674 e. The molecule has 0 saturated carbocycles. The first-order chi connectivity index (χ1) is 12.8. The first-order valence-electron chi connectivity index (χ1n) is 8.80. The van der Waals surface area contributed by atoms with Crippen molar-refractivity contribution < 1.29 is 0 Å². The molecule has 0 amide bonds. The molecule has 0 heterocycles. The molecule has 0 saturated heterocycles. The molecule has 0 aliphatic carbocycles. The van der Waals surface area contributed by atoms with Crippen molar-refractivity contribution in [1.82, 2.24) is 0 Å². The number of hydrogen-bond acceptors (Lipinski definition) is 0. The molecule has 0 atom stereocenters. The van der Waals surface area contributed by atoms with E-state index in [9.17, 15) is 0 Å². The van der Waals surface area contributed by atoms with Crippen molar-refractivity contribution >= 4 is 44.2 Å². The van der Waals surface area contributed by atoms with E-state index >= 15 is 0 Å². The summed E-state index contributed by atoms with van der Waals surface area (Å²) < 4.78 is 0. The highest BCUT2D eigenvalue weighted by molar-refractivity contribution is 7.19. The van der Waals surface area contributed by atoms with Crippen molar-refractivity contribution in [3.63, 3.8) is 0 Å². The van der Waals surface area contributed by atoms with E-state index in [1.807, 2.05) is 0 Å². The Bertz CT molecular complexity index is 883. The summed E-state index contributed by atoms with van der Waals surface area (Å²) in [5, 5.41) is 6.69. The van der Waals surface area contributed by atoms with Crippen LogP contribution < -0.4 is 25.9 Å². The van der Waals surface area contributed by atoms with Gasteiger partial charge in [0.15, 0.2) is 8.07 Å². The van der Waals surface area contributed by atoms with Crippen molar-refractivity contribution in [2.75, 3.05) is 0 Å². The lowest BCUT2D eigenvalue weighted by Gasteiger charge is -2.34. The third-order valence-electron chi connectivity index (χ3n) is 4.92. The Hall–Kier alpha value is -2.69. The minimum absolute atomic E-state index is 1.11. The Kier molecular flexibility index (Phi) is 4.69. The summed E-state index contributed by atoms with van der Waals surface area (Å²) >= 11 is 0. The smallest absolute Gasteiger partial charge is 0.0674 e. The van der Waals surface area contributed by atoms with Crippen LogP contribution in [0.3, 0.4) is 0 Å². The molecule has 2 heteroatoms. The second kappa shape index (κ2) is 7.28. The minimum atomic E-state index is -2.36. The molecule has 26 heavy (non-hydrogen) atoms. The summed E-state index contributed by atoms with van der Waals surface area (Å²) in [6.07, 6.45) is 0. The quantitative estimate of drug-likeness (QED) is 0.383. The zero-order chi connectivity index (χ0) is 17.8. The molecule has 0 nitrogen and oxygen atoms in total. The second-order valence-electron chi connectivity index (χ2n) is 6.43. The van der Waals surface area contributed by atoms with E-state index in [0.717, 1.165) is 5.19 Å². The predicted octanol–water partition coefficient (Wildman–Crippen LogP) is 1.86. The molecular formula is C24H19Si2. The highest BCUT2D eigenvalue weighted by Gasteiger charge is 2.41. The van der Waals surface area contributed by atoms with Crippen molar-refractivity contribution in [2.24, 2.45) is 0 Å². The van der Waals surface area contributed by atoms with Crippen LogP contribution in [0, 0.1) is 0 Å². The van der Waals surface area contributed by atoms with Crippen LogP contribution in [0.25, 0.3) is 0 Å². The van der Waals surface area contributed by atoms with Crippen LogP contribution in [-0.4, -0.2) is 18.3 Å². The summed E-state index contributed by atoms with van der Waals surface area (Å²) in [5.41, 5.74) is 0. The van der Waals surface area contributed by atoms with Gasteiger partial charge in [-0.05, 0) is 20.7 Å². The molecule has 4 aromatic rings. The molecule has 123 valence electrons. The maximum atomic E-state index is 3.75. The topological polar surface area (TPSA) is 0 Å². The fourth-order valence-corrected chi connectivity index (χ4v) is 9.01.